The Morgan fingerprint density at radius 3 is 2.62 bits per heavy atom. The smallest absolute Gasteiger partial charge is 0.309 e. The van der Waals surface area contributed by atoms with Gasteiger partial charge in [-0.1, -0.05) is 6.92 Å². The van der Waals surface area contributed by atoms with Crippen molar-refractivity contribution >= 4 is 5.97 Å². The van der Waals surface area contributed by atoms with Crippen molar-refractivity contribution in [3.8, 4) is 0 Å². The van der Waals surface area contributed by atoms with E-state index in [4.69, 9.17) is 5.11 Å². The maximum Gasteiger partial charge on any atom is 0.309 e. The average molecular weight is 233 g/mol. The zero-order valence-electron chi connectivity index (χ0n) is 8.51. The predicted molar refractivity (Wildman–Crippen MR) is 49.7 cm³/mol. The van der Waals surface area contributed by atoms with Crippen LogP contribution in [0.2, 0.25) is 0 Å². The molecule has 0 atom stereocenters. The van der Waals surface area contributed by atoms with Crippen molar-refractivity contribution in [2.24, 2.45) is 0 Å². The van der Waals surface area contributed by atoms with Gasteiger partial charge in [0, 0.05) is 6.20 Å². The standard InChI is InChI=1S/C10H10F3NO2/c1-2-6-3-7(11)9(14-5-6)10(12,13)4-8(15)16/h3,5H,2,4H2,1H3,(H,15,16). The van der Waals surface area contributed by atoms with Crippen molar-refractivity contribution in [2.75, 3.05) is 0 Å². The van der Waals surface area contributed by atoms with E-state index in [1.807, 2.05) is 0 Å². The van der Waals surface area contributed by atoms with Gasteiger partial charge >= 0.3 is 11.9 Å². The third-order valence-electron chi connectivity index (χ3n) is 2.03. The molecule has 0 aromatic carbocycles. The van der Waals surface area contributed by atoms with Crippen LogP contribution in [-0.4, -0.2) is 16.1 Å². The van der Waals surface area contributed by atoms with Gasteiger partial charge in [0.15, 0.2) is 5.82 Å². The SMILES string of the molecule is CCc1cnc(C(F)(F)CC(=O)O)c(F)c1. The summed E-state index contributed by atoms with van der Waals surface area (Å²) in [5, 5.41) is 8.27. The first-order valence-corrected chi connectivity index (χ1v) is 4.61. The molecule has 0 aliphatic heterocycles. The van der Waals surface area contributed by atoms with Gasteiger partial charge in [0.05, 0.1) is 0 Å². The molecule has 0 saturated carbocycles. The fraction of sp³-hybridized carbons (Fsp3) is 0.400. The number of aryl methyl sites for hydroxylation is 1. The minimum Gasteiger partial charge on any atom is -0.481 e. The molecule has 0 radical (unpaired) electrons. The molecule has 0 fully saturated rings. The van der Waals surface area contributed by atoms with Crippen LogP contribution >= 0.6 is 0 Å². The zero-order valence-corrected chi connectivity index (χ0v) is 8.51. The quantitative estimate of drug-likeness (QED) is 0.868. The molecule has 0 amide bonds. The van der Waals surface area contributed by atoms with E-state index in [-0.39, 0.29) is 0 Å². The summed E-state index contributed by atoms with van der Waals surface area (Å²) in [6, 6.07) is 0.943. The lowest BCUT2D eigenvalue weighted by molar-refractivity contribution is -0.146. The summed E-state index contributed by atoms with van der Waals surface area (Å²) in [7, 11) is 0. The van der Waals surface area contributed by atoms with E-state index in [0.29, 0.717) is 12.0 Å². The number of rotatable bonds is 4. The molecule has 1 heterocycles. The normalized spacial score (nSPS) is 11.5. The monoisotopic (exact) mass is 233 g/mol. The topological polar surface area (TPSA) is 50.2 Å². The van der Waals surface area contributed by atoms with Gasteiger partial charge in [-0.3, -0.25) is 9.78 Å². The van der Waals surface area contributed by atoms with Crippen LogP contribution in [0, 0.1) is 5.82 Å². The Morgan fingerprint density at radius 1 is 1.56 bits per heavy atom. The number of aromatic nitrogens is 1. The van der Waals surface area contributed by atoms with Gasteiger partial charge in [0.1, 0.15) is 12.1 Å². The summed E-state index contributed by atoms with van der Waals surface area (Å²) in [5.74, 6) is -6.67. The maximum atomic E-state index is 13.2. The van der Waals surface area contributed by atoms with E-state index in [2.05, 4.69) is 4.98 Å². The van der Waals surface area contributed by atoms with E-state index >= 15 is 0 Å². The molecule has 0 saturated heterocycles. The number of carbonyl (C=O) groups is 1. The van der Waals surface area contributed by atoms with E-state index < -0.39 is 29.8 Å². The molecule has 0 spiro atoms. The summed E-state index contributed by atoms with van der Waals surface area (Å²) in [5.41, 5.74) is -0.639. The molecule has 0 aliphatic rings. The van der Waals surface area contributed by atoms with Crippen molar-refractivity contribution in [2.45, 2.75) is 25.7 Å². The number of carboxylic acids is 1. The van der Waals surface area contributed by atoms with E-state index in [1.165, 1.54) is 0 Å². The molecular weight excluding hydrogens is 223 g/mol. The zero-order chi connectivity index (χ0) is 12.3. The largest absolute Gasteiger partial charge is 0.481 e. The number of hydrogen-bond acceptors (Lipinski definition) is 2. The number of alkyl halides is 2. The number of nitrogens with zero attached hydrogens (tertiary/aromatic N) is 1. The summed E-state index contributed by atoms with van der Waals surface area (Å²) in [6.45, 7) is 1.73. The van der Waals surface area contributed by atoms with E-state index in [1.54, 1.807) is 6.92 Å². The van der Waals surface area contributed by atoms with Crippen LogP contribution in [0.1, 0.15) is 24.6 Å². The Labute approximate surface area is 89.9 Å². The summed E-state index contributed by atoms with van der Waals surface area (Å²) in [4.78, 5) is 13.5. The maximum absolute atomic E-state index is 13.2. The predicted octanol–water partition coefficient (Wildman–Crippen LogP) is 2.35. The average Bonchev–Trinajstić information content (AvgIpc) is 2.14. The lowest BCUT2D eigenvalue weighted by Gasteiger charge is -2.14. The van der Waals surface area contributed by atoms with Crippen LogP contribution in [0.25, 0.3) is 0 Å². The van der Waals surface area contributed by atoms with Gasteiger partial charge < -0.3 is 5.11 Å². The van der Waals surface area contributed by atoms with E-state index in [0.717, 1.165) is 12.3 Å². The Balaban J connectivity index is 3.08. The highest BCUT2D eigenvalue weighted by molar-refractivity contribution is 5.68. The van der Waals surface area contributed by atoms with Gasteiger partial charge in [-0.05, 0) is 18.1 Å². The van der Waals surface area contributed by atoms with Crippen LogP contribution in [0.5, 0.6) is 0 Å². The molecule has 6 heteroatoms. The Morgan fingerprint density at radius 2 is 2.19 bits per heavy atom. The van der Waals surface area contributed by atoms with Crippen LogP contribution in [0.4, 0.5) is 13.2 Å². The number of aliphatic carboxylic acids is 1. The molecule has 1 rings (SSSR count). The summed E-state index contributed by atoms with van der Waals surface area (Å²) < 4.78 is 39.7. The van der Waals surface area contributed by atoms with Crippen molar-refractivity contribution in [1.29, 1.82) is 0 Å². The van der Waals surface area contributed by atoms with Gasteiger partial charge in [-0.15, -0.1) is 0 Å². The van der Waals surface area contributed by atoms with Gasteiger partial charge in [-0.25, -0.2) is 4.39 Å². The molecule has 1 N–H and O–H groups in total. The lowest BCUT2D eigenvalue weighted by Crippen LogP contribution is -2.21. The van der Waals surface area contributed by atoms with E-state index in [9.17, 15) is 18.0 Å². The molecule has 88 valence electrons. The van der Waals surface area contributed by atoms with Crippen molar-refractivity contribution in [3.05, 3.63) is 29.3 Å². The Kier molecular flexibility index (Phi) is 3.51. The third-order valence-corrected chi connectivity index (χ3v) is 2.03. The first-order valence-electron chi connectivity index (χ1n) is 4.61. The summed E-state index contributed by atoms with van der Waals surface area (Å²) in [6.07, 6.45) is 0.116. The second-order valence-corrected chi connectivity index (χ2v) is 3.30. The van der Waals surface area contributed by atoms with Gasteiger partial charge in [0.25, 0.3) is 0 Å². The van der Waals surface area contributed by atoms with Crippen molar-refractivity contribution in [3.63, 3.8) is 0 Å². The first kappa shape index (κ1) is 12.5. The minimum absolute atomic E-state index is 0.467. The lowest BCUT2D eigenvalue weighted by atomic mass is 10.1. The second kappa shape index (κ2) is 4.51. The van der Waals surface area contributed by atoms with Gasteiger partial charge in [0.2, 0.25) is 0 Å². The van der Waals surface area contributed by atoms with Crippen molar-refractivity contribution in [1.82, 2.24) is 4.98 Å². The highest BCUT2D eigenvalue weighted by atomic mass is 19.3. The fourth-order valence-electron chi connectivity index (χ4n) is 1.21. The van der Waals surface area contributed by atoms with Crippen LogP contribution in [0.3, 0.4) is 0 Å². The molecule has 1 aromatic rings. The van der Waals surface area contributed by atoms with Gasteiger partial charge in [-0.2, -0.15) is 8.78 Å². The Hall–Kier alpha value is -1.59. The number of carboxylic acid groups (broad SMARTS) is 1. The molecular formula is C10H10F3NO2. The molecule has 16 heavy (non-hydrogen) atoms. The Bertz CT molecular complexity index is 407. The van der Waals surface area contributed by atoms with Crippen molar-refractivity contribution < 1.29 is 23.1 Å². The number of hydrogen-bond donors (Lipinski definition) is 1. The number of halogens is 3. The molecule has 0 bridgehead atoms. The highest BCUT2D eigenvalue weighted by Crippen LogP contribution is 2.32. The third kappa shape index (κ3) is 2.71. The molecule has 1 aromatic heterocycles. The second-order valence-electron chi connectivity index (χ2n) is 3.30. The van der Waals surface area contributed by atoms with Crippen LogP contribution < -0.4 is 0 Å². The fourth-order valence-corrected chi connectivity index (χ4v) is 1.21. The first-order chi connectivity index (χ1) is 7.36. The van der Waals surface area contributed by atoms with Crippen LogP contribution in [-0.2, 0) is 17.1 Å². The van der Waals surface area contributed by atoms with Crippen LogP contribution in [0.15, 0.2) is 12.3 Å². The molecule has 3 nitrogen and oxygen atoms in total. The minimum atomic E-state index is -3.79. The number of pyridine rings is 1. The summed E-state index contributed by atoms with van der Waals surface area (Å²) >= 11 is 0. The highest BCUT2D eigenvalue weighted by Gasteiger charge is 2.38. The molecule has 0 unspecified atom stereocenters. The molecule has 0 aliphatic carbocycles.